The van der Waals surface area contributed by atoms with E-state index in [4.69, 9.17) is 4.74 Å². The number of carbonyl (C=O) groups is 3. The van der Waals surface area contributed by atoms with Crippen LogP contribution in [0.15, 0.2) is 72.1 Å². The molecule has 6 rings (SSSR count). The number of allylic oxidation sites excluding steroid dienone is 2. The number of carbonyl (C=O) groups excluding carboxylic acids is 3. The van der Waals surface area contributed by atoms with Gasteiger partial charge in [0.15, 0.2) is 5.13 Å². The van der Waals surface area contributed by atoms with E-state index in [9.17, 15) is 18.8 Å². The Bertz CT molecular complexity index is 1540. The molecule has 1 spiro atoms. The number of thiazole rings is 1. The molecule has 11 heteroatoms. The molecule has 4 heterocycles. The van der Waals surface area contributed by atoms with Gasteiger partial charge in [0, 0.05) is 49.7 Å². The Labute approximate surface area is 272 Å². The van der Waals surface area contributed by atoms with Gasteiger partial charge in [0.2, 0.25) is 17.7 Å². The minimum absolute atomic E-state index is 0.0830. The van der Waals surface area contributed by atoms with E-state index >= 15 is 0 Å². The molecule has 3 amide bonds. The molecule has 3 aromatic rings. The van der Waals surface area contributed by atoms with Gasteiger partial charge in [0.05, 0.1) is 17.7 Å². The number of likely N-dealkylation sites (tertiary alicyclic amines) is 1. The third-order valence-electron chi connectivity index (χ3n) is 9.35. The van der Waals surface area contributed by atoms with Crippen molar-refractivity contribution in [1.29, 1.82) is 0 Å². The van der Waals surface area contributed by atoms with Crippen molar-refractivity contribution in [3.63, 3.8) is 0 Å². The molecule has 0 unspecified atom stereocenters. The van der Waals surface area contributed by atoms with Gasteiger partial charge in [-0.2, -0.15) is 0 Å². The molecular formula is C35H40FN5O4S. The average Bonchev–Trinajstić information content (AvgIpc) is 3.52. The molecule has 2 aromatic carbocycles. The lowest BCUT2D eigenvalue weighted by Crippen LogP contribution is -2.58. The number of amides is 3. The standard InChI is InChI=1S/C35H40FN5O4S/c36-27-11-9-25(10-12-27)30-23-46-34(39-30)40-31(42)22-41-17-13-28-26(21-41)8-4-5-14-35(15-18-45-19-16-35)33(44)38-29(32(43)37-28)20-24-6-2-1-3-7-24/h1-7,9-12,23,26,28-29H,8,13-22H2,(H,37,43)(H,38,44)(H,39,40,42)/t26-,28+,29+/m1/s1. The number of hydrogen-bond acceptors (Lipinski definition) is 7. The van der Waals surface area contributed by atoms with Gasteiger partial charge in [-0.15, -0.1) is 11.3 Å². The summed E-state index contributed by atoms with van der Waals surface area (Å²) in [5, 5.41) is 11.7. The maximum Gasteiger partial charge on any atom is 0.243 e. The molecule has 1 aromatic heterocycles. The largest absolute Gasteiger partial charge is 0.381 e. The zero-order valence-electron chi connectivity index (χ0n) is 25.8. The minimum Gasteiger partial charge on any atom is -0.381 e. The van der Waals surface area contributed by atoms with Crippen LogP contribution in [0, 0.1) is 17.2 Å². The number of benzene rings is 2. The molecule has 0 aliphatic carbocycles. The number of piperidine rings is 1. The molecule has 0 radical (unpaired) electrons. The lowest BCUT2D eigenvalue weighted by Gasteiger charge is -2.40. The number of halogens is 1. The summed E-state index contributed by atoms with van der Waals surface area (Å²) >= 11 is 1.33. The second-order valence-corrected chi connectivity index (χ2v) is 13.4. The van der Waals surface area contributed by atoms with E-state index in [0.29, 0.717) is 69.2 Å². The summed E-state index contributed by atoms with van der Waals surface area (Å²) in [4.78, 5) is 47.2. The lowest BCUT2D eigenvalue weighted by atomic mass is 9.75. The highest BCUT2D eigenvalue weighted by atomic mass is 32.1. The maximum absolute atomic E-state index is 13.8. The first kappa shape index (κ1) is 32.0. The molecule has 2 saturated heterocycles. The van der Waals surface area contributed by atoms with Gasteiger partial charge in [-0.25, -0.2) is 9.37 Å². The van der Waals surface area contributed by atoms with Crippen molar-refractivity contribution in [1.82, 2.24) is 20.5 Å². The summed E-state index contributed by atoms with van der Waals surface area (Å²) in [7, 11) is 0. The Morgan fingerprint density at radius 3 is 2.63 bits per heavy atom. The number of anilines is 1. The molecule has 242 valence electrons. The number of nitrogens with one attached hydrogen (secondary N) is 3. The van der Waals surface area contributed by atoms with E-state index in [0.717, 1.165) is 17.5 Å². The minimum atomic E-state index is -0.694. The Balaban J connectivity index is 1.13. The molecule has 9 nitrogen and oxygen atoms in total. The first-order valence-corrected chi connectivity index (χ1v) is 16.9. The summed E-state index contributed by atoms with van der Waals surface area (Å²) in [5.74, 6) is -0.622. The monoisotopic (exact) mass is 645 g/mol. The number of aromatic nitrogens is 1. The van der Waals surface area contributed by atoms with E-state index in [2.05, 4.69) is 38.0 Å². The van der Waals surface area contributed by atoms with Crippen LogP contribution in [-0.4, -0.2) is 72.5 Å². The van der Waals surface area contributed by atoms with E-state index in [1.54, 1.807) is 12.1 Å². The fourth-order valence-corrected chi connectivity index (χ4v) is 7.38. The van der Waals surface area contributed by atoms with E-state index in [1.807, 2.05) is 35.7 Å². The van der Waals surface area contributed by atoms with Crippen molar-refractivity contribution >= 4 is 34.2 Å². The highest BCUT2D eigenvalue weighted by molar-refractivity contribution is 7.14. The predicted octanol–water partition coefficient (Wildman–Crippen LogP) is 4.57. The van der Waals surface area contributed by atoms with Gasteiger partial charge in [0.1, 0.15) is 11.9 Å². The molecule has 3 aliphatic heterocycles. The van der Waals surface area contributed by atoms with E-state index < -0.39 is 11.5 Å². The number of nitrogens with zero attached hydrogens (tertiary/aromatic N) is 2. The van der Waals surface area contributed by atoms with Crippen LogP contribution in [-0.2, 0) is 25.5 Å². The van der Waals surface area contributed by atoms with Gasteiger partial charge in [-0.1, -0.05) is 42.5 Å². The van der Waals surface area contributed by atoms with Crippen molar-refractivity contribution in [3.05, 3.63) is 83.5 Å². The Morgan fingerprint density at radius 1 is 1.07 bits per heavy atom. The summed E-state index contributed by atoms with van der Waals surface area (Å²) in [6.45, 7) is 2.55. The summed E-state index contributed by atoms with van der Waals surface area (Å²) in [5.41, 5.74) is 1.84. The highest BCUT2D eigenvalue weighted by Crippen LogP contribution is 2.36. The summed E-state index contributed by atoms with van der Waals surface area (Å²) in [6, 6.07) is 15.1. The van der Waals surface area contributed by atoms with Gasteiger partial charge in [-0.05, 0) is 67.9 Å². The topological polar surface area (TPSA) is 113 Å². The zero-order valence-corrected chi connectivity index (χ0v) is 26.6. The Hall–Kier alpha value is -3.93. The SMILES string of the molecule is O=C(CN1CC[C@@H]2NC(=O)[C@H](Cc3ccccc3)NC(=O)C3(CC=CC[C@@H]2C1)CCOCC3)Nc1nc(-c2ccc(F)cc2)cs1. The van der Waals surface area contributed by atoms with E-state index in [1.165, 1.54) is 23.5 Å². The highest BCUT2D eigenvalue weighted by Gasteiger charge is 2.41. The molecule has 3 atom stereocenters. The third kappa shape index (κ3) is 7.89. The van der Waals surface area contributed by atoms with Gasteiger partial charge in [0.25, 0.3) is 0 Å². The smallest absolute Gasteiger partial charge is 0.243 e. The van der Waals surface area contributed by atoms with Crippen LogP contribution in [0.5, 0.6) is 0 Å². The van der Waals surface area contributed by atoms with Crippen LogP contribution in [0.1, 0.15) is 37.7 Å². The van der Waals surface area contributed by atoms with Crippen LogP contribution in [0.25, 0.3) is 11.3 Å². The zero-order chi connectivity index (χ0) is 31.9. The molecule has 2 fully saturated rings. The third-order valence-corrected chi connectivity index (χ3v) is 10.1. The van der Waals surface area contributed by atoms with Crippen molar-refractivity contribution in [2.24, 2.45) is 11.3 Å². The molecule has 0 saturated carbocycles. The second-order valence-electron chi connectivity index (χ2n) is 12.5. The van der Waals surface area contributed by atoms with Crippen LogP contribution >= 0.6 is 11.3 Å². The van der Waals surface area contributed by atoms with Crippen molar-refractivity contribution in [3.8, 4) is 11.3 Å². The number of rotatable bonds is 6. The normalized spacial score (nSPS) is 23.8. The van der Waals surface area contributed by atoms with Crippen molar-refractivity contribution in [2.45, 2.75) is 50.6 Å². The quantitative estimate of drug-likeness (QED) is 0.339. The fraction of sp³-hybridized carbons (Fsp3) is 0.429. The first-order valence-electron chi connectivity index (χ1n) is 16.0. The van der Waals surface area contributed by atoms with Crippen LogP contribution < -0.4 is 16.0 Å². The average molecular weight is 646 g/mol. The molecule has 46 heavy (non-hydrogen) atoms. The van der Waals surface area contributed by atoms with Crippen LogP contribution in [0.4, 0.5) is 9.52 Å². The fourth-order valence-electron chi connectivity index (χ4n) is 6.65. The molecule has 0 bridgehead atoms. The number of fused-ring (bicyclic) bond motifs is 1. The van der Waals surface area contributed by atoms with Crippen LogP contribution in [0.2, 0.25) is 0 Å². The predicted molar refractivity (Wildman–Crippen MR) is 176 cm³/mol. The maximum atomic E-state index is 13.8. The Kier molecular flexibility index (Phi) is 10.2. The second kappa shape index (κ2) is 14.7. The number of ether oxygens (including phenoxy) is 1. The van der Waals surface area contributed by atoms with Crippen molar-refractivity contribution < 1.29 is 23.5 Å². The summed E-state index contributed by atoms with van der Waals surface area (Å²) in [6.07, 6.45) is 7.90. The lowest BCUT2D eigenvalue weighted by molar-refractivity contribution is -0.140. The Morgan fingerprint density at radius 2 is 1.85 bits per heavy atom. The van der Waals surface area contributed by atoms with Gasteiger partial charge >= 0.3 is 0 Å². The van der Waals surface area contributed by atoms with E-state index in [-0.39, 0.29) is 42.0 Å². The molecular weight excluding hydrogens is 605 g/mol. The molecule has 3 aliphatic rings. The van der Waals surface area contributed by atoms with Crippen LogP contribution in [0.3, 0.4) is 0 Å². The number of hydrogen-bond donors (Lipinski definition) is 3. The molecule has 3 N–H and O–H groups in total. The van der Waals surface area contributed by atoms with Gasteiger partial charge < -0.3 is 20.7 Å². The van der Waals surface area contributed by atoms with Gasteiger partial charge in [-0.3, -0.25) is 19.3 Å². The first-order chi connectivity index (χ1) is 22.4. The van der Waals surface area contributed by atoms with Crippen molar-refractivity contribution in [2.75, 3.05) is 38.2 Å². The summed E-state index contributed by atoms with van der Waals surface area (Å²) < 4.78 is 18.9.